The molecule has 2 aromatic rings. The van der Waals surface area contributed by atoms with Gasteiger partial charge in [-0.2, -0.15) is 4.98 Å². The maximum Gasteiger partial charge on any atom is 0.244 e. The van der Waals surface area contributed by atoms with Crippen LogP contribution < -0.4 is 11.1 Å². The van der Waals surface area contributed by atoms with Crippen LogP contribution in [0, 0.1) is 5.82 Å². The molecule has 0 aliphatic heterocycles. The first-order chi connectivity index (χ1) is 8.54. The number of hydrogen-bond acceptors (Lipinski definition) is 4. The number of hydrogen-bond donors (Lipinski definition) is 2. The van der Waals surface area contributed by atoms with E-state index >= 15 is 0 Å². The van der Waals surface area contributed by atoms with Crippen molar-refractivity contribution in [3.05, 3.63) is 35.6 Å². The lowest BCUT2D eigenvalue weighted by atomic mass is 10.2. The van der Waals surface area contributed by atoms with Gasteiger partial charge in [-0.25, -0.2) is 9.07 Å². The monoisotopic (exact) mass is 249 g/mol. The molecule has 1 aromatic carbocycles. The average Bonchev–Trinajstić information content (AvgIpc) is 2.61. The molecule has 0 spiro atoms. The van der Waals surface area contributed by atoms with Crippen molar-refractivity contribution < 1.29 is 4.39 Å². The van der Waals surface area contributed by atoms with Crippen LogP contribution in [0.2, 0.25) is 0 Å². The van der Waals surface area contributed by atoms with Crippen molar-refractivity contribution in [3.63, 3.8) is 0 Å². The highest BCUT2D eigenvalue weighted by atomic mass is 19.1. The van der Waals surface area contributed by atoms with Crippen LogP contribution in [0.3, 0.4) is 0 Å². The number of nitrogens with one attached hydrogen (secondary N) is 1. The highest BCUT2D eigenvalue weighted by Gasteiger charge is 2.08. The third kappa shape index (κ3) is 2.97. The van der Waals surface area contributed by atoms with E-state index in [1.54, 1.807) is 16.8 Å². The highest BCUT2D eigenvalue weighted by molar-refractivity contribution is 5.33. The fraction of sp³-hybridized carbons (Fsp3) is 0.333. The number of nitrogens with zero attached hydrogens (tertiary/aromatic N) is 3. The zero-order valence-electron chi connectivity index (χ0n) is 10.4. The Morgan fingerprint density at radius 1 is 1.33 bits per heavy atom. The van der Waals surface area contributed by atoms with Crippen molar-refractivity contribution in [1.29, 1.82) is 0 Å². The molecule has 0 saturated heterocycles. The van der Waals surface area contributed by atoms with E-state index in [0.29, 0.717) is 18.4 Å². The number of aromatic nitrogens is 3. The predicted molar refractivity (Wildman–Crippen MR) is 68.7 cm³/mol. The van der Waals surface area contributed by atoms with Crippen LogP contribution in [0.4, 0.5) is 16.3 Å². The fourth-order valence-corrected chi connectivity index (χ4v) is 1.55. The lowest BCUT2D eigenvalue weighted by Gasteiger charge is -2.04. The summed E-state index contributed by atoms with van der Waals surface area (Å²) >= 11 is 0. The van der Waals surface area contributed by atoms with E-state index in [9.17, 15) is 4.39 Å². The molecule has 1 aromatic heterocycles. The van der Waals surface area contributed by atoms with Crippen molar-refractivity contribution in [1.82, 2.24) is 14.8 Å². The standard InChI is InChI=1S/C12H16FN5/c1-8(2)15-12-16-11(14)18(17-12)7-9-3-5-10(13)6-4-9/h3-6,8H,7H2,1-2H3,(H3,14,15,16,17). The van der Waals surface area contributed by atoms with Gasteiger partial charge in [-0.15, -0.1) is 5.10 Å². The van der Waals surface area contributed by atoms with Gasteiger partial charge in [-0.3, -0.25) is 0 Å². The van der Waals surface area contributed by atoms with Crippen molar-refractivity contribution in [3.8, 4) is 0 Å². The fourth-order valence-electron chi connectivity index (χ4n) is 1.55. The Labute approximate surface area is 105 Å². The van der Waals surface area contributed by atoms with E-state index in [1.165, 1.54) is 12.1 Å². The van der Waals surface area contributed by atoms with Crippen LogP contribution in [0.15, 0.2) is 24.3 Å². The van der Waals surface area contributed by atoms with Crippen LogP contribution in [-0.2, 0) is 6.54 Å². The molecule has 0 amide bonds. The number of rotatable bonds is 4. The number of benzene rings is 1. The van der Waals surface area contributed by atoms with Crippen LogP contribution in [-0.4, -0.2) is 20.8 Å². The Morgan fingerprint density at radius 3 is 2.61 bits per heavy atom. The van der Waals surface area contributed by atoms with Gasteiger partial charge in [0.15, 0.2) is 0 Å². The van der Waals surface area contributed by atoms with Gasteiger partial charge in [0, 0.05) is 6.04 Å². The zero-order valence-corrected chi connectivity index (χ0v) is 10.4. The Balaban J connectivity index is 2.13. The van der Waals surface area contributed by atoms with Crippen molar-refractivity contribution >= 4 is 11.9 Å². The molecular formula is C12H16FN5. The maximum absolute atomic E-state index is 12.8. The van der Waals surface area contributed by atoms with Crippen LogP contribution >= 0.6 is 0 Å². The Bertz CT molecular complexity index is 518. The van der Waals surface area contributed by atoms with E-state index in [1.807, 2.05) is 13.8 Å². The quantitative estimate of drug-likeness (QED) is 0.868. The van der Waals surface area contributed by atoms with Crippen molar-refractivity contribution in [2.45, 2.75) is 26.4 Å². The lowest BCUT2D eigenvalue weighted by molar-refractivity contribution is 0.625. The molecule has 2 rings (SSSR count). The molecule has 5 nitrogen and oxygen atoms in total. The second-order valence-corrected chi connectivity index (χ2v) is 4.38. The summed E-state index contributed by atoms with van der Waals surface area (Å²) in [6.45, 7) is 4.46. The minimum atomic E-state index is -0.257. The topological polar surface area (TPSA) is 68.8 Å². The van der Waals surface area contributed by atoms with E-state index in [2.05, 4.69) is 15.4 Å². The molecule has 3 N–H and O–H groups in total. The summed E-state index contributed by atoms with van der Waals surface area (Å²) in [6, 6.07) is 6.47. The van der Waals surface area contributed by atoms with Crippen LogP contribution in [0.5, 0.6) is 0 Å². The molecule has 1 heterocycles. The van der Waals surface area contributed by atoms with Gasteiger partial charge < -0.3 is 11.1 Å². The second-order valence-electron chi connectivity index (χ2n) is 4.38. The first kappa shape index (κ1) is 12.3. The zero-order chi connectivity index (χ0) is 13.1. The van der Waals surface area contributed by atoms with Gasteiger partial charge in [0.2, 0.25) is 11.9 Å². The third-order valence-electron chi connectivity index (χ3n) is 2.36. The van der Waals surface area contributed by atoms with Gasteiger partial charge in [0.05, 0.1) is 6.54 Å². The molecule has 96 valence electrons. The van der Waals surface area contributed by atoms with E-state index in [0.717, 1.165) is 5.56 Å². The van der Waals surface area contributed by atoms with Crippen molar-refractivity contribution in [2.24, 2.45) is 0 Å². The third-order valence-corrected chi connectivity index (χ3v) is 2.36. The molecular weight excluding hydrogens is 233 g/mol. The first-order valence-electron chi connectivity index (χ1n) is 5.76. The molecule has 0 bridgehead atoms. The number of nitrogen functional groups attached to an aromatic ring is 1. The molecule has 0 radical (unpaired) electrons. The summed E-state index contributed by atoms with van der Waals surface area (Å²) in [5.74, 6) is 0.583. The summed E-state index contributed by atoms with van der Waals surface area (Å²) in [6.07, 6.45) is 0. The minimum absolute atomic E-state index is 0.242. The molecule has 0 fully saturated rings. The van der Waals surface area contributed by atoms with E-state index < -0.39 is 0 Å². The summed E-state index contributed by atoms with van der Waals surface area (Å²) in [4.78, 5) is 4.11. The maximum atomic E-state index is 12.8. The lowest BCUT2D eigenvalue weighted by Crippen LogP contribution is -2.11. The minimum Gasteiger partial charge on any atom is -0.368 e. The molecule has 0 saturated carbocycles. The molecule has 6 heteroatoms. The molecule has 0 aliphatic rings. The highest BCUT2D eigenvalue weighted by Crippen LogP contribution is 2.10. The van der Waals surface area contributed by atoms with Crippen molar-refractivity contribution in [2.75, 3.05) is 11.1 Å². The Morgan fingerprint density at radius 2 is 2.00 bits per heavy atom. The average molecular weight is 249 g/mol. The van der Waals surface area contributed by atoms with Crippen LogP contribution in [0.25, 0.3) is 0 Å². The van der Waals surface area contributed by atoms with E-state index in [4.69, 9.17) is 5.73 Å². The van der Waals surface area contributed by atoms with E-state index in [-0.39, 0.29) is 11.9 Å². The smallest absolute Gasteiger partial charge is 0.244 e. The normalized spacial score (nSPS) is 10.9. The van der Waals surface area contributed by atoms with Gasteiger partial charge in [0.25, 0.3) is 0 Å². The summed E-state index contributed by atoms with van der Waals surface area (Å²) < 4.78 is 14.4. The summed E-state index contributed by atoms with van der Waals surface area (Å²) in [5, 5.41) is 7.32. The van der Waals surface area contributed by atoms with Gasteiger partial charge in [0.1, 0.15) is 5.82 Å². The van der Waals surface area contributed by atoms with Crippen LogP contribution in [0.1, 0.15) is 19.4 Å². The molecule has 0 aliphatic carbocycles. The molecule has 18 heavy (non-hydrogen) atoms. The SMILES string of the molecule is CC(C)Nc1nc(N)n(Cc2ccc(F)cc2)n1. The Hall–Kier alpha value is -2.11. The van der Waals surface area contributed by atoms with Gasteiger partial charge >= 0.3 is 0 Å². The number of anilines is 2. The summed E-state index contributed by atoms with van der Waals surface area (Å²) in [7, 11) is 0. The summed E-state index contributed by atoms with van der Waals surface area (Å²) in [5.41, 5.74) is 6.69. The predicted octanol–water partition coefficient (Wildman–Crippen LogP) is 1.87. The second kappa shape index (κ2) is 5.03. The largest absolute Gasteiger partial charge is 0.368 e. The molecule has 0 unspecified atom stereocenters. The molecule has 0 atom stereocenters. The first-order valence-corrected chi connectivity index (χ1v) is 5.76. The number of nitrogens with two attached hydrogens (primary N) is 1. The Kier molecular flexibility index (Phi) is 3.45. The van der Waals surface area contributed by atoms with Gasteiger partial charge in [-0.1, -0.05) is 12.1 Å². The van der Waals surface area contributed by atoms with Gasteiger partial charge in [-0.05, 0) is 31.5 Å². The number of halogens is 1.